The molecular weight excluding hydrogens is 518 g/mol. The first-order chi connectivity index (χ1) is 21.4. The summed E-state index contributed by atoms with van der Waals surface area (Å²) >= 11 is 0. The van der Waals surface area contributed by atoms with Crippen molar-refractivity contribution in [3.8, 4) is 44.5 Å². The van der Waals surface area contributed by atoms with Crippen LogP contribution in [0.15, 0.2) is 176 Å². The Bertz CT molecular complexity index is 1990. The molecule has 0 spiro atoms. The summed E-state index contributed by atoms with van der Waals surface area (Å²) in [7, 11) is 0. The lowest BCUT2D eigenvalue weighted by molar-refractivity contribution is 0.772. The summed E-state index contributed by atoms with van der Waals surface area (Å²) in [5.41, 5.74) is 14.5. The molecule has 0 radical (unpaired) electrons. The molecule has 0 aliphatic heterocycles. The Labute approximate surface area is 252 Å². The van der Waals surface area contributed by atoms with E-state index in [1.807, 2.05) is 18.5 Å². The van der Waals surface area contributed by atoms with E-state index in [9.17, 15) is 0 Å². The highest BCUT2D eigenvalue weighted by atomic mass is 14.6. The van der Waals surface area contributed by atoms with Gasteiger partial charge in [0.15, 0.2) is 0 Å². The standard InChI is InChI=1S/C42H29N/c1-4-13-31(14-5-1)36-20-10-22-38-39-23-11-21-37(32-26-24-30(25-27-32)33-15-12-28-43-29-33)41(39)42(40(36)38,34-16-6-2-7-17-34)35-18-8-3-9-19-35/h1-29H. The number of aromatic nitrogens is 1. The second-order valence-electron chi connectivity index (χ2n) is 11.1. The molecule has 0 bridgehead atoms. The molecule has 0 N–H and O–H groups in total. The minimum atomic E-state index is -0.516. The van der Waals surface area contributed by atoms with Gasteiger partial charge >= 0.3 is 0 Å². The minimum Gasteiger partial charge on any atom is -0.264 e. The van der Waals surface area contributed by atoms with E-state index in [2.05, 4.69) is 163 Å². The second-order valence-corrected chi connectivity index (χ2v) is 11.1. The van der Waals surface area contributed by atoms with Gasteiger partial charge in [-0.2, -0.15) is 0 Å². The van der Waals surface area contributed by atoms with E-state index < -0.39 is 5.41 Å². The number of hydrogen-bond acceptors (Lipinski definition) is 1. The molecule has 1 heteroatoms. The Morgan fingerprint density at radius 2 is 0.767 bits per heavy atom. The van der Waals surface area contributed by atoms with E-state index in [1.54, 1.807) is 0 Å². The van der Waals surface area contributed by atoms with Crippen molar-refractivity contribution in [3.05, 3.63) is 198 Å². The molecule has 6 aromatic carbocycles. The first kappa shape index (κ1) is 25.2. The zero-order chi connectivity index (χ0) is 28.6. The normalized spacial score (nSPS) is 12.8. The summed E-state index contributed by atoms with van der Waals surface area (Å²) < 4.78 is 0. The van der Waals surface area contributed by atoms with E-state index in [4.69, 9.17) is 0 Å². The fourth-order valence-electron chi connectivity index (χ4n) is 7.08. The van der Waals surface area contributed by atoms with E-state index in [1.165, 1.54) is 55.6 Å². The van der Waals surface area contributed by atoms with Crippen LogP contribution in [0.25, 0.3) is 44.5 Å². The molecule has 0 atom stereocenters. The van der Waals surface area contributed by atoms with Crippen molar-refractivity contribution in [2.45, 2.75) is 5.41 Å². The minimum absolute atomic E-state index is 0.516. The van der Waals surface area contributed by atoms with Crippen LogP contribution in [0, 0.1) is 0 Å². The maximum absolute atomic E-state index is 4.33. The molecule has 1 nitrogen and oxygen atoms in total. The van der Waals surface area contributed by atoms with Crippen LogP contribution in [-0.2, 0) is 5.41 Å². The third kappa shape index (κ3) is 3.97. The Balaban J connectivity index is 1.47. The molecule has 0 fully saturated rings. The van der Waals surface area contributed by atoms with Gasteiger partial charge in [-0.25, -0.2) is 0 Å². The van der Waals surface area contributed by atoms with E-state index in [0.29, 0.717) is 0 Å². The largest absolute Gasteiger partial charge is 0.264 e. The Hall–Kier alpha value is -5.53. The van der Waals surface area contributed by atoms with E-state index >= 15 is 0 Å². The Kier molecular flexibility index (Phi) is 6.09. The summed E-state index contributed by atoms with van der Waals surface area (Å²) in [6.07, 6.45) is 3.74. The van der Waals surface area contributed by atoms with Gasteiger partial charge in [-0.1, -0.05) is 158 Å². The fraction of sp³-hybridized carbons (Fsp3) is 0.0238. The fourth-order valence-corrected chi connectivity index (χ4v) is 7.08. The van der Waals surface area contributed by atoms with Crippen LogP contribution in [0.2, 0.25) is 0 Å². The third-order valence-electron chi connectivity index (χ3n) is 8.86. The average molecular weight is 548 g/mol. The van der Waals surface area contributed by atoms with Crippen molar-refractivity contribution in [1.82, 2.24) is 4.98 Å². The maximum Gasteiger partial charge on any atom is 0.0725 e. The lowest BCUT2D eigenvalue weighted by Crippen LogP contribution is -2.30. The number of fused-ring (bicyclic) bond motifs is 3. The molecule has 8 rings (SSSR count). The van der Waals surface area contributed by atoms with Crippen LogP contribution in [0.3, 0.4) is 0 Å². The monoisotopic (exact) mass is 547 g/mol. The van der Waals surface area contributed by atoms with Gasteiger partial charge < -0.3 is 0 Å². The summed E-state index contributed by atoms with van der Waals surface area (Å²) in [5.74, 6) is 0. The van der Waals surface area contributed by atoms with Gasteiger partial charge in [0, 0.05) is 12.4 Å². The van der Waals surface area contributed by atoms with Gasteiger partial charge in [0.2, 0.25) is 0 Å². The van der Waals surface area contributed by atoms with Gasteiger partial charge in [0.05, 0.1) is 5.41 Å². The highest BCUT2D eigenvalue weighted by Crippen LogP contribution is 2.60. The van der Waals surface area contributed by atoms with Gasteiger partial charge in [0.1, 0.15) is 0 Å². The maximum atomic E-state index is 4.33. The van der Waals surface area contributed by atoms with Crippen molar-refractivity contribution >= 4 is 0 Å². The molecule has 0 amide bonds. The van der Waals surface area contributed by atoms with Crippen LogP contribution in [0.5, 0.6) is 0 Å². The molecule has 1 heterocycles. The summed E-state index contributed by atoms with van der Waals surface area (Å²) in [6.45, 7) is 0. The summed E-state index contributed by atoms with van der Waals surface area (Å²) in [6, 6.07) is 59.7. The quantitative estimate of drug-likeness (QED) is 0.209. The van der Waals surface area contributed by atoms with E-state index in [-0.39, 0.29) is 0 Å². The number of benzene rings is 6. The molecule has 0 unspecified atom stereocenters. The number of pyridine rings is 1. The highest BCUT2D eigenvalue weighted by molar-refractivity contribution is 5.96. The molecule has 43 heavy (non-hydrogen) atoms. The van der Waals surface area contributed by atoms with Crippen LogP contribution < -0.4 is 0 Å². The van der Waals surface area contributed by atoms with Crippen LogP contribution in [0.1, 0.15) is 22.3 Å². The topological polar surface area (TPSA) is 12.9 Å². The number of rotatable bonds is 5. The van der Waals surface area contributed by atoms with Crippen LogP contribution >= 0.6 is 0 Å². The van der Waals surface area contributed by atoms with Gasteiger partial charge in [0.25, 0.3) is 0 Å². The molecule has 1 aliphatic rings. The zero-order valence-corrected chi connectivity index (χ0v) is 23.7. The summed E-state index contributed by atoms with van der Waals surface area (Å²) in [4.78, 5) is 4.33. The molecule has 1 aromatic heterocycles. The molecule has 1 aliphatic carbocycles. The predicted octanol–water partition coefficient (Wildman–Crippen LogP) is 10.4. The lowest BCUT2D eigenvalue weighted by Gasteiger charge is -2.36. The first-order valence-corrected chi connectivity index (χ1v) is 14.8. The second kappa shape index (κ2) is 10.4. The third-order valence-corrected chi connectivity index (χ3v) is 8.86. The lowest BCUT2D eigenvalue weighted by atomic mass is 9.64. The van der Waals surface area contributed by atoms with Gasteiger partial charge in [-0.3, -0.25) is 4.98 Å². The van der Waals surface area contributed by atoms with Gasteiger partial charge in [-0.05, 0) is 72.8 Å². The molecule has 0 saturated heterocycles. The van der Waals surface area contributed by atoms with Crippen molar-refractivity contribution in [2.75, 3.05) is 0 Å². The van der Waals surface area contributed by atoms with E-state index in [0.717, 1.165) is 11.1 Å². The molecular formula is C42H29N. The van der Waals surface area contributed by atoms with Gasteiger partial charge in [-0.15, -0.1) is 0 Å². The van der Waals surface area contributed by atoms with Crippen molar-refractivity contribution < 1.29 is 0 Å². The number of hydrogen-bond donors (Lipinski definition) is 0. The van der Waals surface area contributed by atoms with Crippen LogP contribution in [0.4, 0.5) is 0 Å². The smallest absolute Gasteiger partial charge is 0.0725 e. The predicted molar refractivity (Wildman–Crippen MR) is 178 cm³/mol. The molecule has 0 saturated carbocycles. The van der Waals surface area contributed by atoms with Crippen molar-refractivity contribution in [1.29, 1.82) is 0 Å². The Morgan fingerprint density at radius 3 is 1.28 bits per heavy atom. The van der Waals surface area contributed by atoms with Crippen molar-refractivity contribution in [3.63, 3.8) is 0 Å². The first-order valence-electron chi connectivity index (χ1n) is 14.8. The zero-order valence-electron chi connectivity index (χ0n) is 23.7. The van der Waals surface area contributed by atoms with Crippen LogP contribution in [-0.4, -0.2) is 4.98 Å². The highest BCUT2D eigenvalue weighted by Gasteiger charge is 2.49. The van der Waals surface area contributed by atoms with Crippen molar-refractivity contribution in [2.24, 2.45) is 0 Å². The summed E-state index contributed by atoms with van der Waals surface area (Å²) in [5, 5.41) is 0. The molecule has 7 aromatic rings. The number of nitrogens with zero attached hydrogens (tertiary/aromatic N) is 1. The average Bonchev–Trinajstić information content (AvgIpc) is 3.42. The SMILES string of the molecule is c1ccc(-c2cccc3c2C(c2ccccc2)(c2ccccc2)c2c(-c4ccc(-c5cccnc5)cc4)cccc2-3)cc1. The Morgan fingerprint density at radius 1 is 0.326 bits per heavy atom. The molecule has 202 valence electrons.